The standard InChI is InChI=1S/C19H21N3O3/c1-13-7-9-15(10-8-13)12-22(3)19(25)18(24)21-17-6-4-5-16(11-17)20-14(2)23/h4-11H,12H2,1-3H3,(H,20,23)(H,21,24). The molecule has 0 unspecified atom stereocenters. The predicted octanol–water partition coefficient (Wildman–Crippen LogP) is 2.55. The Balaban J connectivity index is 1.98. The van der Waals surface area contributed by atoms with Crippen LogP contribution in [-0.4, -0.2) is 29.7 Å². The van der Waals surface area contributed by atoms with Gasteiger partial charge in [0.25, 0.3) is 0 Å². The number of amides is 3. The maximum absolute atomic E-state index is 12.2. The summed E-state index contributed by atoms with van der Waals surface area (Å²) < 4.78 is 0. The zero-order valence-corrected chi connectivity index (χ0v) is 14.5. The van der Waals surface area contributed by atoms with Gasteiger partial charge >= 0.3 is 11.8 Å². The normalized spacial score (nSPS) is 10.0. The van der Waals surface area contributed by atoms with Crippen LogP contribution >= 0.6 is 0 Å². The van der Waals surface area contributed by atoms with Crippen molar-refractivity contribution in [2.45, 2.75) is 20.4 Å². The van der Waals surface area contributed by atoms with Gasteiger partial charge < -0.3 is 15.5 Å². The molecule has 0 saturated carbocycles. The maximum Gasteiger partial charge on any atom is 0.313 e. The molecule has 6 nitrogen and oxygen atoms in total. The van der Waals surface area contributed by atoms with Crippen LogP contribution in [-0.2, 0) is 20.9 Å². The molecule has 0 aliphatic heterocycles. The second-order valence-corrected chi connectivity index (χ2v) is 5.86. The Labute approximate surface area is 146 Å². The summed E-state index contributed by atoms with van der Waals surface area (Å²) in [6.45, 7) is 3.73. The molecule has 0 spiro atoms. The Hall–Kier alpha value is -3.15. The monoisotopic (exact) mass is 339 g/mol. The third-order valence-corrected chi connectivity index (χ3v) is 3.52. The van der Waals surface area contributed by atoms with Crippen LogP contribution in [0.15, 0.2) is 48.5 Å². The third kappa shape index (κ3) is 5.46. The van der Waals surface area contributed by atoms with Crippen LogP contribution in [0.1, 0.15) is 18.1 Å². The van der Waals surface area contributed by atoms with Crippen molar-refractivity contribution in [2.24, 2.45) is 0 Å². The molecule has 2 N–H and O–H groups in total. The molecule has 0 atom stereocenters. The Kier molecular flexibility index (Phi) is 5.89. The first kappa shape index (κ1) is 18.2. The lowest BCUT2D eigenvalue weighted by Gasteiger charge is -2.17. The predicted molar refractivity (Wildman–Crippen MR) is 97.0 cm³/mol. The lowest BCUT2D eigenvalue weighted by molar-refractivity contribution is -0.142. The Morgan fingerprint density at radius 3 is 2.16 bits per heavy atom. The third-order valence-electron chi connectivity index (χ3n) is 3.52. The fourth-order valence-electron chi connectivity index (χ4n) is 2.28. The summed E-state index contributed by atoms with van der Waals surface area (Å²) in [5.74, 6) is -1.57. The minimum Gasteiger partial charge on any atom is -0.333 e. The molecule has 0 aromatic heterocycles. The van der Waals surface area contributed by atoms with E-state index in [2.05, 4.69) is 10.6 Å². The number of rotatable bonds is 4. The average Bonchev–Trinajstić information content (AvgIpc) is 2.56. The summed E-state index contributed by atoms with van der Waals surface area (Å²) in [5.41, 5.74) is 3.07. The number of carbonyl (C=O) groups excluding carboxylic acids is 3. The first-order valence-corrected chi connectivity index (χ1v) is 7.85. The molecule has 0 aliphatic carbocycles. The van der Waals surface area contributed by atoms with Crippen LogP contribution in [0.25, 0.3) is 0 Å². The number of benzene rings is 2. The second-order valence-electron chi connectivity index (χ2n) is 5.86. The molecule has 25 heavy (non-hydrogen) atoms. The zero-order chi connectivity index (χ0) is 18.4. The summed E-state index contributed by atoms with van der Waals surface area (Å²) in [6.07, 6.45) is 0. The Bertz CT molecular complexity index is 785. The first-order chi connectivity index (χ1) is 11.8. The topological polar surface area (TPSA) is 78.5 Å². The van der Waals surface area contributed by atoms with Crippen molar-refractivity contribution >= 4 is 29.1 Å². The number of hydrogen-bond acceptors (Lipinski definition) is 3. The molecule has 0 bridgehead atoms. The minimum atomic E-state index is -0.727. The van der Waals surface area contributed by atoms with Gasteiger partial charge in [0.2, 0.25) is 5.91 Å². The van der Waals surface area contributed by atoms with Gasteiger partial charge in [0, 0.05) is 31.9 Å². The van der Waals surface area contributed by atoms with Gasteiger partial charge in [-0.3, -0.25) is 14.4 Å². The van der Waals surface area contributed by atoms with Gasteiger partial charge in [-0.2, -0.15) is 0 Å². The van der Waals surface area contributed by atoms with Gasteiger partial charge in [-0.25, -0.2) is 0 Å². The molecule has 0 fully saturated rings. The van der Waals surface area contributed by atoms with E-state index < -0.39 is 11.8 Å². The zero-order valence-electron chi connectivity index (χ0n) is 14.5. The molecule has 2 aromatic rings. The van der Waals surface area contributed by atoms with Gasteiger partial charge in [-0.05, 0) is 30.7 Å². The van der Waals surface area contributed by atoms with Crippen molar-refractivity contribution in [2.75, 3.05) is 17.7 Å². The molecule has 0 heterocycles. The van der Waals surface area contributed by atoms with E-state index in [0.29, 0.717) is 17.9 Å². The Morgan fingerprint density at radius 2 is 1.56 bits per heavy atom. The molecular formula is C19H21N3O3. The van der Waals surface area contributed by atoms with Crippen molar-refractivity contribution in [1.82, 2.24) is 4.90 Å². The van der Waals surface area contributed by atoms with Crippen molar-refractivity contribution in [3.8, 4) is 0 Å². The van der Waals surface area contributed by atoms with Crippen molar-refractivity contribution < 1.29 is 14.4 Å². The quantitative estimate of drug-likeness (QED) is 0.840. The molecule has 2 rings (SSSR count). The summed E-state index contributed by atoms with van der Waals surface area (Å²) >= 11 is 0. The van der Waals surface area contributed by atoms with Crippen LogP contribution in [0.2, 0.25) is 0 Å². The van der Waals surface area contributed by atoms with Crippen molar-refractivity contribution in [3.05, 3.63) is 59.7 Å². The molecule has 0 aliphatic rings. The van der Waals surface area contributed by atoms with Crippen LogP contribution in [0, 0.1) is 6.92 Å². The molecule has 0 saturated heterocycles. The number of likely N-dealkylation sites (N-methyl/N-ethyl adjacent to an activating group) is 1. The van der Waals surface area contributed by atoms with E-state index in [1.807, 2.05) is 31.2 Å². The van der Waals surface area contributed by atoms with E-state index in [-0.39, 0.29) is 5.91 Å². The van der Waals surface area contributed by atoms with E-state index in [9.17, 15) is 14.4 Å². The lowest BCUT2D eigenvalue weighted by atomic mass is 10.1. The van der Waals surface area contributed by atoms with E-state index in [1.165, 1.54) is 11.8 Å². The average molecular weight is 339 g/mol. The van der Waals surface area contributed by atoms with Crippen molar-refractivity contribution in [1.29, 1.82) is 0 Å². The highest BCUT2D eigenvalue weighted by Gasteiger charge is 2.19. The Morgan fingerprint density at radius 1 is 0.960 bits per heavy atom. The van der Waals surface area contributed by atoms with Gasteiger partial charge in [-0.1, -0.05) is 35.9 Å². The van der Waals surface area contributed by atoms with E-state index >= 15 is 0 Å². The fourth-order valence-corrected chi connectivity index (χ4v) is 2.28. The second kappa shape index (κ2) is 8.10. The van der Waals surface area contributed by atoms with Gasteiger partial charge in [-0.15, -0.1) is 0 Å². The number of anilines is 2. The number of nitrogens with zero attached hydrogens (tertiary/aromatic N) is 1. The highest BCUT2D eigenvalue weighted by atomic mass is 16.2. The summed E-state index contributed by atoms with van der Waals surface area (Å²) in [5, 5.41) is 5.17. The SMILES string of the molecule is CC(=O)Nc1cccc(NC(=O)C(=O)N(C)Cc2ccc(C)cc2)c1. The summed E-state index contributed by atoms with van der Waals surface area (Å²) in [7, 11) is 1.58. The molecular weight excluding hydrogens is 318 g/mol. The summed E-state index contributed by atoms with van der Waals surface area (Å²) in [4.78, 5) is 36.8. The van der Waals surface area contributed by atoms with E-state index in [0.717, 1.165) is 11.1 Å². The number of hydrogen-bond donors (Lipinski definition) is 2. The van der Waals surface area contributed by atoms with E-state index in [1.54, 1.807) is 31.3 Å². The fraction of sp³-hybridized carbons (Fsp3) is 0.211. The van der Waals surface area contributed by atoms with Gasteiger partial charge in [0.15, 0.2) is 0 Å². The molecule has 6 heteroatoms. The molecule has 2 aromatic carbocycles. The number of aryl methyl sites for hydroxylation is 1. The van der Waals surface area contributed by atoms with E-state index in [4.69, 9.17) is 0 Å². The van der Waals surface area contributed by atoms with Crippen LogP contribution < -0.4 is 10.6 Å². The highest BCUT2D eigenvalue weighted by molar-refractivity contribution is 6.39. The van der Waals surface area contributed by atoms with Crippen LogP contribution in [0.4, 0.5) is 11.4 Å². The lowest BCUT2D eigenvalue weighted by Crippen LogP contribution is -2.36. The maximum atomic E-state index is 12.2. The van der Waals surface area contributed by atoms with Crippen LogP contribution in [0.5, 0.6) is 0 Å². The highest BCUT2D eigenvalue weighted by Crippen LogP contribution is 2.15. The molecule has 3 amide bonds. The smallest absolute Gasteiger partial charge is 0.313 e. The number of carbonyl (C=O) groups is 3. The van der Waals surface area contributed by atoms with Gasteiger partial charge in [0.05, 0.1) is 0 Å². The molecule has 0 radical (unpaired) electrons. The van der Waals surface area contributed by atoms with Crippen molar-refractivity contribution in [3.63, 3.8) is 0 Å². The first-order valence-electron chi connectivity index (χ1n) is 7.85. The van der Waals surface area contributed by atoms with Crippen LogP contribution in [0.3, 0.4) is 0 Å². The minimum absolute atomic E-state index is 0.211. The van der Waals surface area contributed by atoms with Gasteiger partial charge in [0.1, 0.15) is 0 Å². The number of nitrogens with one attached hydrogen (secondary N) is 2. The molecule has 130 valence electrons. The summed E-state index contributed by atoms with van der Waals surface area (Å²) in [6, 6.07) is 14.4. The largest absolute Gasteiger partial charge is 0.333 e.